The Labute approximate surface area is 135 Å². The van der Waals surface area contributed by atoms with E-state index in [2.05, 4.69) is 5.32 Å². The van der Waals surface area contributed by atoms with E-state index in [-0.39, 0.29) is 18.1 Å². The third kappa shape index (κ3) is 4.22. The average molecular weight is 315 g/mol. The minimum Gasteiger partial charge on any atom is -0.496 e. The number of hydrogen-bond acceptors (Lipinski definition) is 4. The molecule has 0 fully saturated rings. The molecule has 0 saturated heterocycles. The van der Waals surface area contributed by atoms with Crippen molar-refractivity contribution in [1.82, 2.24) is 5.32 Å². The number of carbonyl (C=O) groups excluding carboxylic acids is 2. The highest BCUT2D eigenvalue weighted by Gasteiger charge is 2.18. The molecular formula is C18H21NO4. The lowest BCUT2D eigenvalue weighted by Gasteiger charge is -2.20. The van der Waals surface area contributed by atoms with Crippen molar-refractivity contribution in [3.05, 3.63) is 42.0 Å². The summed E-state index contributed by atoms with van der Waals surface area (Å²) in [4.78, 5) is 24.0. The van der Waals surface area contributed by atoms with Gasteiger partial charge in [0.1, 0.15) is 5.75 Å². The first-order valence-corrected chi connectivity index (χ1v) is 7.36. The number of ether oxygens (including phenoxy) is 2. The van der Waals surface area contributed by atoms with Crippen molar-refractivity contribution >= 4 is 22.6 Å². The van der Waals surface area contributed by atoms with Crippen LogP contribution in [0.1, 0.15) is 31.1 Å². The van der Waals surface area contributed by atoms with Gasteiger partial charge in [-0.15, -0.1) is 0 Å². The second-order valence-electron chi connectivity index (χ2n) is 6.24. The summed E-state index contributed by atoms with van der Waals surface area (Å²) in [7, 11) is 1.58. The first-order valence-electron chi connectivity index (χ1n) is 7.36. The van der Waals surface area contributed by atoms with Crippen LogP contribution in [0.2, 0.25) is 0 Å². The topological polar surface area (TPSA) is 64.6 Å². The van der Waals surface area contributed by atoms with Gasteiger partial charge in [0.05, 0.1) is 12.7 Å². The Morgan fingerprint density at radius 2 is 1.70 bits per heavy atom. The van der Waals surface area contributed by atoms with Crippen LogP contribution >= 0.6 is 0 Å². The van der Waals surface area contributed by atoms with E-state index in [0.717, 1.165) is 10.8 Å². The number of fused-ring (bicyclic) bond motifs is 1. The molecule has 5 nitrogen and oxygen atoms in total. The van der Waals surface area contributed by atoms with Crippen LogP contribution in [0.25, 0.3) is 10.8 Å². The standard InChI is InChI=1S/C18H21NO4/c1-18(2,3)19-16(20)11-23-17(21)14-9-10-15(22-4)13-8-6-5-7-12(13)14/h5-10H,11H2,1-4H3,(H,19,20). The fraction of sp³-hybridized carbons (Fsp3) is 0.333. The Hall–Kier alpha value is -2.56. The normalized spacial score (nSPS) is 11.1. The third-order valence-electron chi connectivity index (χ3n) is 3.17. The second-order valence-corrected chi connectivity index (χ2v) is 6.24. The molecule has 23 heavy (non-hydrogen) atoms. The minimum atomic E-state index is -0.534. The largest absolute Gasteiger partial charge is 0.496 e. The van der Waals surface area contributed by atoms with E-state index in [0.29, 0.717) is 11.3 Å². The molecule has 0 aliphatic rings. The Morgan fingerprint density at radius 1 is 1.04 bits per heavy atom. The molecule has 0 atom stereocenters. The molecule has 0 heterocycles. The van der Waals surface area contributed by atoms with Gasteiger partial charge in [0.15, 0.2) is 6.61 Å². The predicted octanol–water partition coefficient (Wildman–Crippen LogP) is 2.92. The highest BCUT2D eigenvalue weighted by Crippen LogP contribution is 2.28. The summed E-state index contributed by atoms with van der Waals surface area (Å²) in [5.41, 5.74) is 0.0426. The maximum atomic E-state index is 12.3. The quantitative estimate of drug-likeness (QED) is 0.881. The molecule has 122 valence electrons. The molecule has 0 saturated carbocycles. The van der Waals surface area contributed by atoms with Crippen molar-refractivity contribution in [3.8, 4) is 5.75 Å². The Bertz CT molecular complexity index is 731. The van der Waals surface area contributed by atoms with Gasteiger partial charge in [-0.3, -0.25) is 4.79 Å². The first kappa shape index (κ1) is 16.8. The van der Waals surface area contributed by atoms with Crippen LogP contribution in [0.4, 0.5) is 0 Å². The van der Waals surface area contributed by atoms with Crippen molar-refractivity contribution in [3.63, 3.8) is 0 Å². The molecule has 2 aromatic carbocycles. The number of carbonyl (C=O) groups is 2. The molecule has 1 N–H and O–H groups in total. The zero-order valence-electron chi connectivity index (χ0n) is 13.8. The van der Waals surface area contributed by atoms with E-state index >= 15 is 0 Å². The van der Waals surface area contributed by atoms with Crippen LogP contribution in [-0.2, 0) is 9.53 Å². The Kier molecular flexibility index (Phi) is 4.89. The molecule has 0 unspecified atom stereocenters. The number of amides is 1. The SMILES string of the molecule is COc1ccc(C(=O)OCC(=O)NC(C)(C)C)c2ccccc12. The van der Waals surface area contributed by atoms with Crippen LogP contribution in [0.5, 0.6) is 5.75 Å². The maximum absolute atomic E-state index is 12.3. The average Bonchev–Trinajstić information content (AvgIpc) is 2.50. The maximum Gasteiger partial charge on any atom is 0.339 e. The van der Waals surface area contributed by atoms with Gasteiger partial charge in [0.2, 0.25) is 0 Å². The smallest absolute Gasteiger partial charge is 0.339 e. The molecule has 0 spiro atoms. The number of nitrogens with one attached hydrogen (secondary N) is 1. The van der Waals surface area contributed by atoms with E-state index in [1.165, 1.54) is 0 Å². The van der Waals surface area contributed by atoms with E-state index in [1.807, 2.05) is 45.0 Å². The first-order chi connectivity index (χ1) is 10.8. The van der Waals surface area contributed by atoms with Crippen molar-refractivity contribution in [2.45, 2.75) is 26.3 Å². The summed E-state index contributed by atoms with van der Waals surface area (Å²) in [5.74, 6) is -0.181. The third-order valence-corrected chi connectivity index (χ3v) is 3.17. The molecule has 0 aromatic heterocycles. The van der Waals surface area contributed by atoms with Crippen molar-refractivity contribution in [1.29, 1.82) is 0 Å². The summed E-state index contributed by atoms with van der Waals surface area (Å²) in [6.45, 7) is 5.29. The zero-order valence-corrected chi connectivity index (χ0v) is 13.8. The molecule has 2 rings (SSSR count). The van der Waals surface area contributed by atoms with Crippen LogP contribution in [0, 0.1) is 0 Å². The number of rotatable bonds is 4. The number of esters is 1. The highest BCUT2D eigenvalue weighted by molar-refractivity contribution is 6.06. The molecule has 0 radical (unpaired) electrons. The van der Waals surface area contributed by atoms with Crippen LogP contribution in [0.3, 0.4) is 0 Å². The van der Waals surface area contributed by atoms with Crippen molar-refractivity contribution in [2.24, 2.45) is 0 Å². The van der Waals surface area contributed by atoms with Crippen LogP contribution < -0.4 is 10.1 Å². The number of benzene rings is 2. The summed E-state index contributed by atoms with van der Waals surface area (Å²) >= 11 is 0. The summed E-state index contributed by atoms with van der Waals surface area (Å²) in [6, 6.07) is 10.8. The van der Waals surface area contributed by atoms with E-state index in [4.69, 9.17) is 9.47 Å². The fourth-order valence-electron chi connectivity index (χ4n) is 2.29. The molecule has 0 aliphatic carbocycles. The van der Waals surface area contributed by atoms with Crippen molar-refractivity contribution < 1.29 is 19.1 Å². The number of methoxy groups -OCH3 is 1. The molecule has 0 bridgehead atoms. The lowest BCUT2D eigenvalue weighted by atomic mass is 10.0. The lowest BCUT2D eigenvalue weighted by molar-refractivity contribution is -0.125. The molecule has 1 amide bonds. The summed E-state index contributed by atoms with van der Waals surface area (Å²) in [6.07, 6.45) is 0. The van der Waals surface area contributed by atoms with Gasteiger partial charge in [-0.05, 0) is 38.3 Å². The second kappa shape index (κ2) is 6.69. The van der Waals surface area contributed by atoms with Crippen LogP contribution in [0.15, 0.2) is 36.4 Å². The predicted molar refractivity (Wildman–Crippen MR) is 88.7 cm³/mol. The molecule has 5 heteroatoms. The van der Waals surface area contributed by atoms with Gasteiger partial charge < -0.3 is 14.8 Å². The van der Waals surface area contributed by atoms with Crippen molar-refractivity contribution in [2.75, 3.05) is 13.7 Å². The monoisotopic (exact) mass is 315 g/mol. The lowest BCUT2D eigenvalue weighted by Crippen LogP contribution is -2.42. The van der Waals surface area contributed by atoms with Gasteiger partial charge in [0, 0.05) is 10.9 Å². The zero-order chi connectivity index (χ0) is 17.0. The van der Waals surface area contributed by atoms with Crippen LogP contribution in [-0.4, -0.2) is 31.1 Å². The number of hydrogen-bond donors (Lipinski definition) is 1. The molecule has 0 aliphatic heterocycles. The summed E-state index contributed by atoms with van der Waals surface area (Å²) in [5, 5.41) is 4.30. The van der Waals surface area contributed by atoms with Gasteiger partial charge in [-0.1, -0.05) is 24.3 Å². The highest BCUT2D eigenvalue weighted by atomic mass is 16.5. The fourth-order valence-corrected chi connectivity index (χ4v) is 2.29. The van der Waals surface area contributed by atoms with Gasteiger partial charge in [-0.2, -0.15) is 0 Å². The van der Waals surface area contributed by atoms with E-state index in [9.17, 15) is 9.59 Å². The Morgan fingerprint density at radius 3 is 2.30 bits per heavy atom. The molecule has 2 aromatic rings. The minimum absolute atomic E-state index is 0.309. The van der Waals surface area contributed by atoms with E-state index < -0.39 is 5.97 Å². The van der Waals surface area contributed by atoms with Gasteiger partial charge in [-0.25, -0.2) is 4.79 Å². The Balaban J connectivity index is 2.17. The molecular weight excluding hydrogens is 294 g/mol. The summed E-state index contributed by atoms with van der Waals surface area (Å²) < 4.78 is 10.4. The van der Waals surface area contributed by atoms with E-state index in [1.54, 1.807) is 19.2 Å². The van der Waals surface area contributed by atoms with Gasteiger partial charge >= 0.3 is 5.97 Å². The van der Waals surface area contributed by atoms with Gasteiger partial charge in [0.25, 0.3) is 5.91 Å².